The summed E-state index contributed by atoms with van der Waals surface area (Å²) >= 11 is 0. The summed E-state index contributed by atoms with van der Waals surface area (Å²) in [4.78, 5) is 26.4. The lowest BCUT2D eigenvalue weighted by Gasteiger charge is -2.27. The van der Waals surface area contributed by atoms with Gasteiger partial charge in [-0.05, 0) is 43.7 Å². The number of rotatable bonds is 6. The number of sulfone groups is 1. The molecular weight excluding hydrogens is 404 g/mol. The van der Waals surface area contributed by atoms with E-state index in [4.69, 9.17) is 0 Å². The molecule has 0 spiro atoms. The van der Waals surface area contributed by atoms with E-state index in [0.717, 1.165) is 0 Å². The van der Waals surface area contributed by atoms with Crippen LogP contribution in [0.25, 0.3) is 0 Å². The van der Waals surface area contributed by atoms with Gasteiger partial charge in [0, 0.05) is 30.2 Å². The Labute approximate surface area is 176 Å². The number of urea groups is 1. The molecule has 160 valence electrons. The number of nitrogens with zero attached hydrogens (tertiary/aromatic N) is 1. The van der Waals surface area contributed by atoms with Gasteiger partial charge in [0.1, 0.15) is 6.04 Å². The summed E-state index contributed by atoms with van der Waals surface area (Å²) in [5, 5.41) is 8.62. The van der Waals surface area contributed by atoms with Crippen LogP contribution in [-0.4, -0.2) is 55.9 Å². The molecule has 0 saturated carbocycles. The molecule has 2 atom stereocenters. The highest BCUT2D eigenvalue weighted by molar-refractivity contribution is 7.91. The van der Waals surface area contributed by atoms with Crippen LogP contribution in [0.15, 0.2) is 54.6 Å². The number of para-hydroxylation sites is 1. The first-order valence-electron chi connectivity index (χ1n) is 9.70. The van der Waals surface area contributed by atoms with Crippen molar-refractivity contribution in [2.75, 3.05) is 34.5 Å². The normalized spacial score (nSPS) is 18.3. The molecule has 0 bridgehead atoms. The van der Waals surface area contributed by atoms with Gasteiger partial charge in [0.25, 0.3) is 0 Å². The smallest absolute Gasteiger partial charge is 0.323 e. The molecule has 3 N–H and O–H groups in total. The van der Waals surface area contributed by atoms with E-state index in [9.17, 15) is 18.0 Å². The van der Waals surface area contributed by atoms with Gasteiger partial charge in [-0.15, -0.1) is 0 Å². The van der Waals surface area contributed by atoms with Crippen LogP contribution in [0.1, 0.15) is 13.3 Å². The van der Waals surface area contributed by atoms with Crippen molar-refractivity contribution in [1.29, 1.82) is 0 Å². The van der Waals surface area contributed by atoms with Crippen molar-refractivity contribution in [2.45, 2.75) is 25.4 Å². The highest BCUT2D eigenvalue weighted by Gasteiger charge is 2.34. The van der Waals surface area contributed by atoms with Gasteiger partial charge < -0.3 is 20.9 Å². The Kier molecular flexibility index (Phi) is 6.61. The second kappa shape index (κ2) is 9.17. The van der Waals surface area contributed by atoms with Crippen LogP contribution >= 0.6 is 0 Å². The number of benzene rings is 2. The third-order valence-electron chi connectivity index (χ3n) is 5.01. The predicted molar refractivity (Wildman–Crippen MR) is 118 cm³/mol. The number of nitrogens with one attached hydrogen (secondary N) is 3. The Morgan fingerprint density at radius 3 is 2.30 bits per heavy atom. The molecule has 3 rings (SSSR count). The third kappa shape index (κ3) is 5.73. The third-order valence-corrected chi connectivity index (χ3v) is 6.76. The number of amides is 3. The number of likely N-dealkylation sites (N-methyl/N-ethyl adjacent to an activating group) is 1. The molecule has 8 nitrogen and oxygen atoms in total. The first-order valence-corrected chi connectivity index (χ1v) is 11.5. The van der Waals surface area contributed by atoms with E-state index in [2.05, 4.69) is 16.0 Å². The fraction of sp³-hybridized carbons (Fsp3) is 0.333. The van der Waals surface area contributed by atoms with E-state index in [1.54, 1.807) is 50.4 Å². The Bertz CT molecular complexity index is 1010. The summed E-state index contributed by atoms with van der Waals surface area (Å²) in [5.74, 6) is -0.0504. The van der Waals surface area contributed by atoms with Crippen molar-refractivity contribution >= 4 is 38.8 Å². The van der Waals surface area contributed by atoms with Gasteiger partial charge in [-0.3, -0.25) is 4.79 Å². The van der Waals surface area contributed by atoms with Crippen LogP contribution in [0, 0.1) is 0 Å². The lowest BCUT2D eigenvalue weighted by atomic mass is 10.2. The monoisotopic (exact) mass is 430 g/mol. The maximum atomic E-state index is 12.7. The topological polar surface area (TPSA) is 108 Å². The summed E-state index contributed by atoms with van der Waals surface area (Å²) in [5.41, 5.74) is 1.92. The zero-order valence-electron chi connectivity index (χ0n) is 17.0. The molecule has 2 aromatic carbocycles. The molecule has 1 aliphatic rings. The van der Waals surface area contributed by atoms with E-state index >= 15 is 0 Å². The van der Waals surface area contributed by atoms with Crippen LogP contribution in [0.4, 0.5) is 21.9 Å². The maximum Gasteiger partial charge on any atom is 0.323 e. The van der Waals surface area contributed by atoms with Crippen LogP contribution in [0.2, 0.25) is 0 Å². The molecule has 0 aromatic heterocycles. The molecule has 1 heterocycles. The van der Waals surface area contributed by atoms with E-state index < -0.39 is 15.9 Å². The van der Waals surface area contributed by atoms with Crippen LogP contribution in [0.3, 0.4) is 0 Å². The summed E-state index contributed by atoms with van der Waals surface area (Å²) in [6, 6.07) is 14.9. The van der Waals surface area contributed by atoms with Crippen molar-refractivity contribution in [1.82, 2.24) is 4.90 Å². The number of hydrogen-bond donors (Lipinski definition) is 3. The van der Waals surface area contributed by atoms with Crippen molar-refractivity contribution in [3.63, 3.8) is 0 Å². The standard InChI is InChI=1S/C21H26N4O4S/c1-15(20(26)25(2)19-11-12-30(28,29)14-19)22-17-9-6-10-18(13-17)24-21(27)23-16-7-4-3-5-8-16/h3-10,13,15,19,22H,11-12,14H2,1-2H3,(H2,23,24,27)/t15-,19+/m0/s1. The largest absolute Gasteiger partial charge is 0.374 e. The molecule has 1 aliphatic heterocycles. The molecule has 1 saturated heterocycles. The van der Waals surface area contributed by atoms with Crippen LogP contribution in [-0.2, 0) is 14.6 Å². The van der Waals surface area contributed by atoms with Crippen LogP contribution < -0.4 is 16.0 Å². The minimum atomic E-state index is -3.06. The van der Waals surface area contributed by atoms with Gasteiger partial charge in [-0.25, -0.2) is 13.2 Å². The molecule has 3 amide bonds. The number of carbonyl (C=O) groups is 2. The zero-order valence-corrected chi connectivity index (χ0v) is 17.8. The number of anilines is 3. The molecule has 1 fully saturated rings. The van der Waals surface area contributed by atoms with Crippen molar-refractivity contribution < 1.29 is 18.0 Å². The molecular formula is C21H26N4O4S. The van der Waals surface area contributed by atoms with Gasteiger partial charge >= 0.3 is 6.03 Å². The van der Waals surface area contributed by atoms with Gasteiger partial charge in [-0.2, -0.15) is 0 Å². The molecule has 0 aliphatic carbocycles. The zero-order chi connectivity index (χ0) is 21.7. The second-order valence-corrected chi connectivity index (χ2v) is 9.63. The molecule has 0 unspecified atom stereocenters. The predicted octanol–water partition coefficient (Wildman–Crippen LogP) is 2.78. The van der Waals surface area contributed by atoms with Gasteiger partial charge in [0.2, 0.25) is 5.91 Å². The first kappa shape index (κ1) is 21.6. The lowest BCUT2D eigenvalue weighted by Crippen LogP contribution is -2.45. The van der Waals surface area contributed by atoms with Crippen LogP contribution in [0.5, 0.6) is 0 Å². The summed E-state index contributed by atoms with van der Waals surface area (Å²) < 4.78 is 23.4. The van der Waals surface area contributed by atoms with E-state index in [1.807, 2.05) is 18.2 Å². The molecule has 9 heteroatoms. The Morgan fingerprint density at radius 2 is 1.63 bits per heavy atom. The highest BCUT2D eigenvalue weighted by atomic mass is 32.2. The first-order chi connectivity index (χ1) is 14.2. The fourth-order valence-corrected chi connectivity index (χ4v) is 5.15. The molecule has 2 aromatic rings. The summed E-state index contributed by atoms with van der Waals surface area (Å²) in [6.07, 6.45) is 0.466. The SMILES string of the molecule is C[C@H](Nc1cccc(NC(=O)Nc2ccccc2)c1)C(=O)N(C)[C@@H]1CCS(=O)(=O)C1. The highest BCUT2D eigenvalue weighted by Crippen LogP contribution is 2.20. The average Bonchev–Trinajstić information content (AvgIpc) is 3.07. The summed E-state index contributed by atoms with van der Waals surface area (Å²) in [6.45, 7) is 1.73. The van der Waals surface area contributed by atoms with Gasteiger partial charge in [0.15, 0.2) is 9.84 Å². The van der Waals surface area contributed by atoms with Gasteiger partial charge in [-0.1, -0.05) is 24.3 Å². The van der Waals surface area contributed by atoms with Crippen molar-refractivity contribution in [3.8, 4) is 0 Å². The molecule has 30 heavy (non-hydrogen) atoms. The Balaban J connectivity index is 1.57. The fourth-order valence-electron chi connectivity index (χ4n) is 3.38. The second-order valence-electron chi connectivity index (χ2n) is 7.40. The quantitative estimate of drug-likeness (QED) is 0.653. The lowest BCUT2D eigenvalue weighted by molar-refractivity contribution is -0.132. The van der Waals surface area contributed by atoms with Crippen molar-refractivity contribution in [2.24, 2.45) is 0 Å². The summed E-state index contributed by atoms with van der Waals surface area (Å²) in [7, 11) is -1.42. The Morgan fingerprint density at radius 1 is 1.00 bits per heavy atom. The number of hydrogen-bond acceptors (Lipinski definition) is 5. The minimum absolute atomic E-state index is 0.0118. The van der Waals surface area contributed by atoms with Crippen molar-refractivity contribution in [3.05, 3.63) is 54.6 Å². The Hall–Kier alpha value is -3.07. The van der Waals surface area contributed by atoms with Gasteiger partial charge in [0.05, 0.1) is 11.5 Å². The molecule has 0 radical (unpaired) electrons. The average molecular weight is 431 g/mol. The van der Waals surface area contributed by atoms with E-state index in [-0.39, 0.29) is 29.5 Å². The maximum absolute atomic E-state index is 12.7. The number of carbonyl (C=O) groups excluding carboxylic acids is 2. The van der Waals surface area contributed by atoms with E-state index in [0.29, 0.717) is 23.5 Å². The minimum Gasteiger partial charge on any atom is -0.374 e. The van der Waals surface area contributed by atoms with E-state index in [1.165, 1.54) is 4.90 Å².